The van der Waals surface area contributed by atoms with Crippen LogP contribution in [0.5, 0.6) is 0 Å². The number of para-hydroxylation sites is 1. The Bertz CT molecular complexity index is 6390. The van der Waals surface area contributed by atoms with Gasteiger partial charge in [0, 0.05) is 151 Å². The molecule has 6 heterocycles. The summed E-state index contributed by atoms with van der Waals surface area (Å²) in [5.41, 5.74) is 35.2. The van der Waals surface area contributed by atoms with Gasteiger partial charge in [-0.05, 0) is 195 Å². The number of aliphatic hydroxyl groups excluding tert-OH is 2. The average molecular weight is 2470 g/mol. The number of carbonyl (C=O) groups excluding carboxylic acids is 2. The third kappa shape index (κ3) is 27.8. The van der Waals surface area contributed by atoms with Crippen molar-refractivity contribution in [2.45, 2.75) is 188 Å². The number of hydrogen-bond acceptors (Lipinski definition) is 10. The molecular formula is C119H122Ir4N5O5-5. The van der Waals surface area contributed by atoms with E-state index in [9.17, 15) is 14.7 Å². The maximum absolute atomic E-state index is 11.2. The van der Waals surface area contributed by atoms with Gasteiger partial charge in [0.1, 0.15) is 5.58 Å². The van der Waals surface area contributed by atoms with Gasteiger partial charge in [-0.1, -0.05) is 251 Å². The van der Waals surface area contributed by atoms with Gasteiger partial charge in [-0.3, -0.25) is 19.6 Å². The van der Waals surface area contributed by atoms with Crippen molar-refractivity contribution in [1.29, 1.82) is 0 Å². The van der Waals surface area contributed by atoms with Gasteiger partial charge in [0.2, 0.25) is 0 Å². The van der Waals surface area contributed by atoms with E-state index in [1.165, 1.54) is 115 Å². The molecule has 10 nitrogen and oxygen atoms in total. The third-order valence-electron chi connectivity index (χ3n) is 22.8. The van der Waals surface area contributed by atoms with Crippen molar-refractivity contribution >= 4 is 55.3 Å². The van der Waals surface area contributed by atoms with Crippen molar-refractivity contribution in [1.82, 2.24) is 24.9 Å². The molecule has 0 unspecified atom stereocenters. The van der Waals surface area contributed by atoms with Crippen LogP contribution in [0.4, 0.5) is 0 Å². The second kappa shape index (κ2) is 49.0. The van der Waals surface area contributed by atoms with E-state index >= 15 is 0 Å². The molecule has 4 radical (unpaired) electrons. The molecule has 0 fully saturated rings. The number of hydrogen-bond donors (Lipinski definition) is 2. The molecule has 0 amide bonds. The standard InChI is InChI=1S/2C30H30N.C20H16NO.C12H10N.C11H8N.C11H20O2.C5H8O2.4Ir/c2*1-18(2)11-21-15-28(22-13-19(3)12-20(4)14-22)31-29-17-27-25(16-24(21)29)23-9-7-8-10-26(23)30(27,5)6;1-13(2)14-7-5-8-15-16-9-6-10-17(20(16)22-19(14)15)18-11-3-4-12-21-18;1-10-7-8-12(13-9-10)11-5-3-2-4-6-11;1-2-6-10(7-3-1)11-8-4-5-9-12-11;1-8(2)5-10(12)7-11(13)6-9(3)4;1-4(6)3-5(2)7;;;;/h2*7-10,12-13,15-18H,11H2,1-6H3;3-9,11-13H,1-2H3;2-5,7-9H,1H3;1-6,8-9H;7-9,12H,5-6H2,1-4H3;3,6H,1-2H3;;;;/q5*-1;;;;;;. The Morgan fingerprint density at radius 3 is 1.28 bits per heavy atom. The van der Waals surface area contributed by atoms with Gasteiger partial charge in [0.15, 0.2) is 11.6 Å². The molecule has 0 bridgehead atoms. The van der Waals surface area contributed by atoms with E-state index in [0.29, 0.717) is 42.4 Å². The van der Waals surface area contributed by atoms with Gasteiger partial charge in [-0.25, -0.2) is 0 Å². The monoisotopic (exact) mass is 2470 g/mol. The van der Waals surface area contributed by atoms with Gasteiger partial charge in [0.25, 0.3) is 0 Å². The number of allylic oxidation sites excluding steroid dienone is 4. The molecule has 2 N–H and O–H groups in total. The second-order valence-electron chi connectivity index (χ2n) is 37.2. The Hall–Kier alpha value is -10.7. The molecule has 0 atom stereocenters. The summed E-state index contributed by atoms with van der Waals surface area (Å²) in [5, 5.41) is 22.6. The Balaban J connectivity index is 0.000000200. The van der Waals surface area contributed by atoms with Gasteiger partial charge < -0.3 is 29.6 Å². The van der Waals surface area contributed by atoms with Crippen LogP contribution in [0.3, 0.4) is 0 Å². The molecule has 16 aromatic rings. The van der Waals surface area contributed by atoms with Gasteiger partial charge in [-0.15, -0.1) is 160 Å². The normalized spacial score (nSPS) is 12.2. The average Bonchev–Trinajstić information content (AvgIpc) is 1.57. The molecule has 0 aliphatic heterocycles. The predicted octanol–water partition coefficient (Wildman–Crippen LogP) is 30.7. The maximum atomic E-state index is 11.2. The zero-order valence-electron chi connectivity index (χ0n) is 80.3. The Kier molecular flexibility index (Phi) is 39.6. The zero-order chi connectivity index (χ0) is 92.5. The van der Waals surface area contributed by atoms with Crippen molar-refractivity contribution < 1.29 is 105 Å². The first-order valence-corrected chi connectivity index (χ1v) is 45.1. The molecule has 0 saturated heterocycles. The SMILES string of the molecule is CC(=O)C=C(C)O.CC(C)CC(=O)C=C(O)CC(C)C.CC(C)c1cccc2c1oc1c(-c3ccccn3)[c-]ccc12.Cc1[c-]c(-c2cc(CC(C)C)c3cc4c(cc3n2)C(C)(C)c2ccccc2-4)cc(C)c1.Cc1[c-]c(-c2cc(CC(C)C)c3cc4c(cc3n2)C(C)(C)c2ccccc2-4)cc(C)c1.Cc1ccc(-c2[c-]cccc2)nc1.[Ir].[Ir].[Ir].[Ir].[c-]1ccccc1-c1ccccn1. The number of aromatic nitrogens is 5. The van der Waals surface area contributed by atoms with Crippen LogP contribution in [0.15, 0.2) is 283 Å². The van der Waals surface area contributed by atoms with Crippen LogP contribution >= 0.6 is 0 Å². The summed E-state index contributed by atoms with van der Waals surface area (Å²) in [5.74, 6) is 2.50. The number of benzene rings is 10. The number of rotatable bonds is 16. The topological polar surface area (TPSA) is 152 Å². The van der Waals surface area contributed by atoms with Crippen LogP contribution in [0.2, 0.25) is 0 Å². The molecule has 694 valence electrons. The van der Waals surface area contributed by atoms with E-state index in [2.05, 4.69) is 282 Å². The largest absolute Gasteiger partial charge is 0.512 e. The number of ketones is 2. The Labute approximate surface area is 843 Å². The molecule has 2 aliphatic rings. The van der Waals surface area contributed by atoms with Crippen LogP contribution in [0, 0.1) is 88.6 Å². The summed E-state index contributed by atoms with van der Waals surface area (Å²) >= 11 is 0. The minimum atomic E-state index is -0.125. The van der Waals surface area contributed by atoms with Crippen molar-refractivity contribution in [2.24, 2.45) is 23.7 Å². The van der Waals surface area contributed by atoms with Crippen LogP contribution in [0.1, 0.15) is 196 Å². The summed E-state index contributed by atoms with van der Waals surface area (Å²) in [7, 11) is 0. The van der Waals surface area contributed by atoms with E-state index in [-0.39, 0.29) is 114 Å². The summed E-state index contributed by atoms with van der Waals surface area (Å²) in [6.07, 6.45) is 11.2. The van der Waals surface area contributed by atoms with E-state index in [4.69, 9.17) is 19.5 Å². The first kappa shape index (κ1) is 108. The predicted molar refractivity (Wildman–Crippen MR) is 537 cm³/mol. The molecule has 18 rings (SSSR count). The van der Waals surface area contributed by atoms with E-state index < -0.39 is 0 Å². The second-order valence-corrected chi connectivity index (χ2v) is 37.2. The van der Waals surface area contributed by atoms with Gasteiger partial charge >= 0.3 is 0 Å². The maximum Gasteiger partial charge on any atom is 0.159 e. The molecule has 0 saturated carbocycles. The summed E-state index contributed by atoms with van der Waals surface area (Å²) in [6, 6.07) is 99.0. The van der Waals surface area contributed by atoms with Gasteiger partial charge in [-0.2, -0.15) is 0 Å². The fraction of sp³-hybridized carbons (Fsp3) is 0.269. The fourth-order valence-corrected chi connectivity index (χ4v) is 17.2. The van der Waals surface area contributed by atoms with E-state index in [1.807, 2.05) is 138 Å². The van der Waals surface area contributed by atoms with Crippen LogP contribution in [-0.2, 0) is 114 Å². The minimum absolute atomic E-state index is 0. The number of aryl methyl sites for hydroxylation is 5. The van der Waals surface area contributed by atoms with Crippen molar-refractivity contribution in [3.05, 3.63) is 376 Å². The Morgan fingerprint density at radius 1 is 0.398 bits per heavy atom. The van der Waals surface area contributed by atoms with Crippen LogP contribution < -0.4 is 0 Å². The first-order valence-electron chi connectivity index (χ1n) is 45.1. The van der Waals surface area contributed by atoms with Crippen molar-refractivity contribution in [3.8, 4) is 78.5 Å². The molecule has 2 aliphatic carbocycles. The summed E-state index contributed by atoms with van der Waals surface area (Å²) < 4.78 is 6.26. The molecule has 6 aromatic heterocycles. The number of aliphatic hydroxyl groups is 2. The van der Waals surface area contributed by atoms with E-state index in [0.717, 1.165) is 113 Å². The Morgan fingerprint density at radius 2 is 0.865 bits per heavy atom. The van der Waals surface area contributed by atoms with Crippen LogP contribution in [0.25, 0.3) is 122 Å². The van der Waals surface area contributed by atoms with Gasteiger partial charge in [0.05, 0.1) is 28.1 Å². The summed E-state index contributed by atoms with van der Waals surface area (Å²) in [6.45, 7) is 44.3. The minimum Gasteiger partial charge on any atom is -0.512 e. The molecular weight excluding hydrogens is 2350 g/mol. The number of pyridine rings is 5. The van der Waals surface area contributed by atoms with Crippen LogP contribution in [-0.4, -0.2) is 46.7 Å². The van der Waals surface area contributed by atoms with Crippen molar-refractivity contribution in [3.63, 3.8) is 0 Å². The number of fused-ring (bicyclic) bond motifs is 11. The number of furan rings is 1. The molecule has 14 heteroatoms. The quantitative estimate of drug-likeness (QED) is 0.0543. The fourth-order valence-electron chi connectivity index (χ4n) is 17.2. The smallest absolute Gasteiger partial charge is 0.159 e. The summed E-state index contributed by atoms with van der Waals surface area (Å²) in [4.78, 5) is 44.5. The number of carbonyl (C=O) groups is 2. The van der Waals surface area contributed by atoms with Crippen molar-refractivity contribution in [2.75, 3.05) is 0 Å². The molecule has 10 aromatic carbocycles. The molecule has 133 heavy (non-hydrogen) atoms. The number of nitrogens with zero attached hydrogens (tertiary/aromatic N) is 5. The molecule has 0 spiro atoms. The first-order chi connectivity index (χ1) is 61.6. The third-order valence-corrected chi connectivity index (χ3v) is 22.8. The zero-order valence-corrected chi connectivity index (χ0v) is 89.9. The van der Waals surface area contributed by atoms with E-state index in [1.54, 1.807) is 12.4 Å².